The number of aromatic hydroxyl groups is 1. The van der Waals surface area contributed by atoms with Gasteiger partial charge in [0, 0.05) is 11.6 Å². The van der Waals surface area contributed by atoms with Crippen LogP contribution < -0.4 is 0 Å². The van der Waals surface area contributed by atoms with E-state index in [1.54, 1.807) is 6.92 Å². The highest BCUT2D eigenvalue weighted by molar-refractivity contribution is 6.31. The lowest BCUT2D eigenvalue weighted by atomic mass is 10.0. The number of halogens is 2. The molecule has 0 aliphatic carbocycles. The molecule has 2 nitrogen and oxygen atoms in total. The second kappa shape index (κ2) is 3.63. The molecule has 1 atom stereocenters. The molecule has 0 bridgehead atoms. The van der Waals surface area contributed by atoms with Crippen LogP contribution >= 0.6 is 11.6 Å². The predicted molar refractivity (Wildman–Crippen MR) is 47.1 cm³/mol. The molecule has 4 heteroatoms. The molecular weight excluding hydrogens is 193 g/mol. The number of nitriles is 1. The largest absolute Gasteiger partial charge is 0.508 e. The third kappa shape index (κ3) is 1.90. The lowest BCUT2D eigenvalue weighted by Crippen LogP contribution is -1.95. The van der Waals surface area contributed by atoms with E-state index in [2.05, 4.69) is 0 Å². The Bertz CT molecular complexity index is 349. The number of phenols is 1. The summed E-state index contributed by atoms with van der Waals surface area (Å²) in [6.45, 7) is 1.54. The van der Waals surface area contributed by atoms with E-state index in [4.69, 9.17) is 22.0 Å². The molecule has 0 saturated carbocycles. The Morgan fingerprint density at radius 2 is 2.23 bits per heavy atom. The van der Waals surface area contributed by atoms with E-state index in [0.29, 0.717) is 0 Å². The third-order valence-corrected chi connectivity index (χ3v) is 2.00. The first-order valence-corrected chi connectivity index (χ1v) is 4.01. The third-order valence-electron chi connectivity index (χ3n) is 1.69. The normalized spacial score (nSPS) is 12.2. The number of hydrogen-bond donors (Lipinski definition) is 1. The smallest absolute Gasteiger partial charge is 0.132 e. The van der Waals surface area contributed by atoms with Crippen molar-refractivity contribution in [2.45, 2.75) is 12.8 Å². The monoisotopic (exact) mass is 199 g/mol. The Morgan fingerprint density at radius 1 is 1.62 bits per heavy atom. The van der Waals surface area contributed by atoms with Crippen molar-refractivity contribution in [3.8, 4) is 11.8 Å². The summed E-state index contributed by atoms with van der Waals surface area (Å²) in [7, 11) is 0. The second-order valence-electron chi connectivity index (χ2n) is 2.67. The topological polar surface area (TPSA) is 44.0 Å². The molecule has 0 spiro atoms. The maximum absolute atomic E-state index is 13.2. The molecule has 0 aliphatic rings. The molecule has 0 heterocycles. The lowest BCUT2D eigenvalue weighted by Gasteiger charge is -2.07. The van der Waals surface area contributed by atoms with E-state index >= 15 is 0 Å². The Morgan fingerprint density at radius 3 is 2.69 bits per heavy atom. The van der Waals surface area contributed by atoms with Gasteiger partial charge in [0.05, 0.1) is 17.0 Å². The van der Waals surface area contributed by atoms with E-state index in [1.165, 1.54) is 6.07 Å². The maximum Gasteiger partial charge on any atom is 0.132 e. The Balaban J connectivity index is 3.30. The van der Waals surface area contributed by atoms with Gasteiger partial charge in [0.25, 0.3) is 0 Å². The molecule has 0 radical (unpaired) electrons. The van der Waals surface area contributed by atoms with Crippen molar-refractivity contribution in [1.29, 1.82) is 5.26 Å². The first kappa shape index (κ1) is 9.82. The van der Waals surface area contributed by atoms with Crippen molar-refractivity contribution in [2.24, 2.45) is 0 Å². The van der Waals surface area contributed by atoms with Crippen LogP contribution in [0.4, 0.5) is 4.39 Å². The van der Waals surface area contributed by atoms with Crippen molar-refractivity contribution in [3.05, 3.63) is 28.5 Å². The van der Waals surface area contributed by atoms with Gasteiger partial charge < -0.3 is 5.11 Å². The van der Waals surface area contributed by atoms with E-state index in [-0.39, 0.29) is 16.3 Å². The molecule has 0 fully saturated rings. The summed E-state index contributed by atoms with van der Waals surface area (Å²) in [6.07, 6.45) is 0. The number of hydrogen-bond acceptors (Lipinski definition) is 2. The van der Waals surface area contributed by atoms with Gasteiger partial charge in [0.2, 0.25) is 0 Å². The fraction of sp³-hybridized carbons (Fsp3) is 0.222. The van der Waals surface area contributed by atoms with E-state index in [0.717, 1.165) is 6.07 Å². The zero-order valence-electron chi connectivity index (χ0n) is 6.88. The fourth-order valence-corrected chi connectivity index (χ4v) is 1.41. The highest BCUT2D eigenvalue weighted by Gasteiger charge is 2.15. The van der Waals surface area contributed by atoms with Crippen LogP contribution in [0.25, 0.3) is 0 Å². The standard InChI is InChI=1S/C9H7ClFNO/c1-5(4-12)9-7(10)2-6(13)3-8(9)11/h2-3,5,13H,1H3. The van der Waals surface area contributed by atoms with E-state index < -0.39 is 11.7 Å². The fourth-order valence-electron chi connectivity index (χ4n) is 1.05. The van der Waals surface area contributed by atoms with Crippen LogP contribution in [0.1, 0.15) is 18.4 Å². The lowest BCUT2D eigenvalue weighted by molar-refractivity contribution is 0.467. The summed E-state index contributed by atoms with van der Waals surface area (Å²) in [5.41, 5.74) is 0.127. The number of nitrogens with zero attached hydrogens (tertiary/aromatic N) is 1. The Kier molecular flexibility index (Phi) is 2.74. The van der Waals surface area contributed by atoms with Crippen LogP contribution in [0.2, 0.25) is 5.02 Å². The second-order valence-corrected chi connectivity index (χ2v) is 3.08. The summed E-state index contributed by atoms with van der Waals surface area (Å²) < 4.78 is 13.2. The SMILES string of the molecule is CC(C#N)c1c(F)cc(O)cc1Cl. The number of rotatable bonds is 1. The average Bonchev–Trinajstić information content (AvgIpc) is 2.02. The maximum atomic E-state index is 13.2. The van der Waals surface area contributed by atoms with Gasteiger partial charge in [0.15, 0.2) is 0 Å². The molecule has 1 aromatic rings. The summed E-state index contributed by atoms with van der Waals surface area (Å²) in [5, 5.41) is 17.6. The Labute approximate surface area is 80.2 Å². The molecule has 1 N–H and O–H groups in total. The molecule has 0 aromatic heterocycles. The van der Waals surface area contributed by atoms with Crippen LogP contribution in [0.3, 0.4) is 0 Å². The molecule has 0 amide bonds. The summed E-state index contributed by atoms with van der Waals surface area (Å²) >= 11 is 5.66. The molecule has 1 aromatic carbocycles. The highest BCUT2D eigenvalue weighted by Crippen LogP contribution is 2.30. The first-order chi connectivity index (χ1) is 6.06. The van der Waals surface area contributed by atoms with Crippen LogP contribution in [-0.4, -0.2) is 5.11 Å². The van der Waals surface area contributed by atoms with E-state index in [1.807, 2.05) is 6.07 Å². The zero-order chi connectivity index (χ0) is 10.0. The molecule has 13 heavy (non-hydrogen) atoms. The highest BCUT2D eigenvalue weighted by atomic mass is 35.5. The summed E-state index contributed by atoms with van der Waals surface area (Å²) in [5.74, 6) is -1.51. The van der Waals surface area contributed by atoms with Gasteiger partial charge in [0.1, 0.15) is 11.6 Å². The number of benzene rings is 1. The van der Waals surface area contributed by atoms with Crippen LogP contribution in [0.5, 0.6) is 5.75 Å². The van der Waals surface area contributed by atoms with Crippen LogP contribution in [0, 0.1) is 17.1 Å². The van der Waals surface area contributed by atoms with Crippen molar-refractivity contribution in [1.82, 2.24) is 0 Å². The summed E-state index contributed by atoms with van der Waals surface area (Å²) in [4.78, 5) is 0. The van der Waals surface area contributed by atoms with E-state index in [9.17, 15) is 4.39 Å². The van der Waals surface area contributed by atoms with Gasteiger partial charge in [-0.3, -0.25) is 0 Å². The van der Waals surface area contributed by atoms with Crippen LogP contribution in [0.15, 0.2) is 12.1 Å². The van der Waals surface area contributed by atoms with Gasteiger partial charge in [-0.25, -0.2) is 4.39 Å². The zero-order valence-corrected chi connectivity index (χ0v) is 7.64. The predicted octanol–water partition coefficient (Wildman–Crippen LogP) is 2.81. The quantitative estimate of drug-likeness (QED) is 0.756. The summed E-state index contributed by atoms with van der Waals surface area (Å²) in [6, 6.07) is 4.03. The molecule has 1 unspecified atom stereocenters. The van der Waals surface area contributed by atoms with Gasteiger partial charge in [-0.05, 0) is 13.0 Å². The minimum atomic E-state index is -0.654. The van der Waals surface area contributed by atoms with Crippen molar-refractivity contribution in [3.63, 3.8) is 0 Å². The molecular formula is C9H7ClFNO. The van der Waals surface area contributed by atoms with Gasteiger partial charge in [-0.15, -0.1) is 0 Å². The minimum absolute atomic E-state index is 0.0755. The molecule has 0 aliphatic heterocycles. The van der Waals surface area contributed by atoms with Gasteiger partial charge >= 0.3 is 0 Å². The van der Waals surface area contributed by atoms with Gasteiger partial charge in [-0.2, -0.15) is 5.26 Å². The Hall–Kier alpha value is -1.27. The van der Waals surface area contributed by atoms with Crippen LogP contribution in [-0.2, 0) is 0 Å². The minimum Gasteiger partial charge on any atom is -0.508 e. The molecule has 68 valence electrons. The van der Waals surface area contributed by atoms with Gasteiger partial charge in [-0.1, -0.05) is 11.6 Å². The first-order valence-electron chi connectivity index (χ1n) is 3.63. The van der Waals surface area contributed by atoms with Crippen molar-refractivity contribution in [2.75, 3.05) is 0 Å². The number of phenolic OH excluding ortho intramolecular Hbond substituents is 1. The molecule has 1 rings (SSSR count). The van der Waals surface area contributed by atoms with Crippen molar-refractivity contribution < 1.29 is 9.50 Å². The van der Waals surface area contributed by atoms with Crippen molar-refractivity contribution >= 4 is 11.6 Å². The average molecular weight is 200 g/mol. The molecule has 0 saturated heterocycles.